The number of ether oxygens (including phenoxy) is 1. The highest BCUT2D eigenvalue weighted by Gasteiger charge is 2.21. The van der Waals surface area contributed by atoms with Crippen LogP contribution < -0.4 is 0 Å². The number of halogens is 1. The second kappa shape index (κ2) is 13.7. The maximum absolute atomic E-state index is 15.1. The lowest BCUT2D eigenvalue weighted by molar-refractivity contribution is 0.0622. The Balaban J connectivity index is 0.000000309. The molecule has 0 aliphatic rings. The van der Waals surface area contributed by atoms with E-state index in [1.165, 1.54) is 18.2 Å². The van der Waals surface area contributed by atoms with Crippen LogP contribution in [-0.2, 0) is 28.5 Å². The van der Waals surface area contributed by atoms with Crippen molar-refractivity contribution in [2.75, 3.05) is 0 Å². The van der Waals surface area contributed by atoms with Gasteiger partial charge in [0.1, 0.15) is 11.9 Å². The van der Waals surface area contributed by atoms with Crippen LogP contribution in [0.15, 0.2) is 127 Å². The monoisotopic (exact) mass is 619 g/mol. The Kier molecular flexibility index (Phi) is 9.50. The number of benzene rings is 5. The zero-order chi connectivity index (χ0) is 32.0. The van der Waals surface area contributed by atoms with Crippen LogP contribution in [0.1, 0.15) is 34.1 Å². The Morgan fingerprint density at radius 3 is 2.31 bits per heavy atom. The fraction of sp³-hybridized carbons (Fsp3) is 0.111. The average molecular weight is 620 g/mol. The van der Waals surface area contributed by atoms with Crippen LogP contribution in [0.4, 0.5) is 4.39 Å². The minimum Gasteiger partial charge on any atom is -0.363 e. The van der Waals surface area contributed by atoms with Crippen molar-refractivity contribution < 1.29 is 22.1 Å². The molecule has 1 atom stereocenters. The van der Waals surface area contributed by atoms with E-state index in [4.69, 9.17) is 14.6 Å². The zero-order valence-corrected chi connectivity index (χ0v) is 25.4. The van der Waals surface area contributed by atoms with Crippen molar-refractivity contribution in [2.24, 2.45) is 7.05 Å². The normalized spacial score (nSPS) is 11.8. The molecule has 7 nitrogen and oxygen atoms in total. The van der Waals surface area contributed by atoms with Gasteiger partial charge in [-0.3, -0.25) is 4.55 Å². The van der Waals surface area contributed by atoms with Crippen LogP contribution >= 0.6 is 0 Å². The number of aryl methyl sites for hydroxylation is 2. The molecule has 0 spiro atoms. The summed E-state index contributed by atoms with van der Waals surface area (Å²) in [4.78, 5) is 4.19. The van der Waals surface area contributed by atoms with Crippen molar-refractivity contribution in [3.8, 4) is 17.2 Å². The number of fused-ring (bicyclic) bond motifs is 1. The standard InChI is InChI=1S/C29H22FN3O.C7H8O3S/c1-33-19-32-17-28(33)29(34-18-21-11-9-20(16-31)10-12-21)23-13-14-27(30)26(15-23)25-8-4-6-22-5-2-3-7-24(22)25;1-6-2-4-7(5-3-6)11(8,9)10/h2-15,17,19,29H,18H2,1H3;2-5H,1H3,(H,8,9,10). The van der Waals surface area contributed by atoms with Crippen molar-refractivity contribution in [1.82, 2.24) is 9.55 Å². The quantitative estimate of drug-likeness (QED) is 0.183. The molecule has 1 aromatic heterocycles. The fourth-order valence-electron chi connectivity index (χ4n) is 4.91. The van der Waals surface area contributed by atoms with Gasteiger partial charge in [0.15, 0.2) is 0 Å². The van der Waals surface area contributed by atoms with E-state index in [1.54, 1.807) is 42.9 Å². The summed E-state index contributed by atoms with van der Waals surface area (Å²) in [5, 5.41) is 11.1. The van der Waals surface area contributed by atoms with Gasteiger partial charge in [-0.2, -0.15) is 13.7 Å². The molecule has 5 aromatic carbocycles. The molecule has 45 heavy (non-hydrogen) atoms. The molecule has 0 fully saturated rings. The van der Waals surface area contributed by atoms with Crippen LogP contribution in [0, 0.1) is 24.1 Å². The van der Waals surface area contributed by atoms with Crippen molar-refractivity contribution in [3.63, 3.8) is 0 Å². The molecule has 0 saturated carbocycles. The first-order valence-corrected chi connectivity index (χ1v) is 15.5. The third-order valence-corrected chi connectivity index (χ3v) is 8.18. The van der Waals surface area contributed by atoms with Gasteiger partial charge in [0.2, 0.25) is 0 Å². The van der Waals surface area contributed by atoms with E-state index in [0.29, 0.717) is 17.7 Å². The number of hydrogen-bond acceptors (Lipinski definition) is 5. The molecule has 0 aliphatic heterocycles. The second-order valence-electron chi connectivity index (χ2n) is 10.5. The lowest BCUT2D eigenvalue weighted by Crippen LogP contribution is -2.11. The molecule has 6 aromatic rings. The van der Waals surface area contributed by atoms with Gasteiger partial charge in [0, 0.05) is 12.6 Å². The van der Waals surface area contributed by atoms with Crippen LogP contribution in [-0.4, -0.2) is 22.5 Å². The molecule has 6 rings (SSSR count). The van der Waals surface area contributed by atoms with Gasteiger partial charge in [-0.1, -0.05) is 78.4 Å². The molecule has 1 unspecified atom stereocenters. The smallest absolute Gasteiger partial charge is 0.294 e. The molecule has 0 bridgehead atoms. The van der Waals surface area contributed by atoms with Gasteiger partial charge >= 0.3 is 0 Å². The van der Waals surface area contributed by atoms with Crippen molar-refractivity contribution >= 4 is 20.9 Å². The number of aromatic nitrogens is 2. The predicted molar refractivity (Wildman–Crippen MR) is 171 cm³/mol. The zero-order valence-electron chi connectivity index (χ0n) is 24.6. The number of imidazole rings is 1. The molecule has 1 heterocycles. The summed E-state index contributed by atoms with van der Waals surface area (Å²) in [6.45, 7) is 2.18. The Hall–Kier alpha value is -5.14. The molecule has 1 N–H and O–H groups in total. The average Bonchev–Trinajstić information content (AvgIpc) is 3.47. The maximum Gasteiger partial charge on any atom is 0.294 e. The molecular formula is C36H30FN3O4S. The van der Waals surface area contributed by atoms with Gasteiger partial charge in [-0.15, -0.1) is 0 Å². The summed E-state index contributed by atoms with van der Waals surface area (Å²) in [5.41, 5.74) is 5.58. The number of nitriles is 1. The van der Waals surface area contributed by atoms with E-state index < -0.39 is 16.2 Å². The summed E-state index contributed by atoms with van der Waals surface area (Å²) in [5.74, 6) is -0.282. The first-order chi connectivity index (χ1) is 21.6. The van der Waals surface area contributed by atoms with E-state index >= 15 is 4.39 Å². The SMILES string of the molecule is Cc1ccc(S(=O)(=O)O)cc1.Cn1cncc1C(OCc1ccc(C#N)cc1)c1ccc(F)c(-c2cccc3ccccc23)c1. The summed E-state index contributed by atoms with van der Waals surface area (Å²) in [6.07, 6.45) is 3.05. The third-order valence-electron chi connectivity index (χ3n) is 7.31. The first-order valence-electron chi connectivity index (χ1n) is 14.0. The van der Waals surface area contributed by atoms with Crippen molar-refractivity contribution in [2.45, 2.75) is 24.5 Å². The first kappa shape index (κ1) is 31.3. The van der Waals surface area contributed by atoms with Crippen LogP contribution in [0.25, 0.3) is 21.9 Å². The molecule has 0 aliphatic carbocycles. The highest BCUT2D eigenvalue weighted by atomic mass is 32.2. The molecule has 0 amide bonds. The highest BCUT2D eigenvalue weighted by molar-refractivity contribution is 7.85. The molecular weight excluding hydrogens is 589 g/mol. The highest BCUT2D eigenvalue weighted by Crippen LogP contribution is 2.35. The largest absolute Gasteiger partial charge is 0.363 e. The number of hydrogen-bond donors (Lipinski definition) is 1. The Morgan fingerprint density at radius 2 is 1.64 bits per heavy atom. The summed E-state index contributed by atoms with van der Waals surface area (Å²) < 4.78 is 52.9. The van der Waals surface area contributed by atoms with Gasteiger partial charge < -0.3 is 9.30 Å². The van der Waals surface area contributed by atoms with Crippen LogP contribution in [0.5, 0.6) is 0 Å². The summed E-state index contributed by atoms with van der Waals surface area (Å²) in [6, 6.07) is 34.5. The lowest BCUT2D eigenvalue weighted by atomic mass is 9.95. The third kappa shape index (κ3) is 7.51. The van der Waals surface area contributed by atoms with Gasteiger partial charge in [0.05, 0.1) is 41.4 Å². The minimum absolute atomic E-state index is 0.0666. The van der Waals surface area contributed by atoms with E-state index in [-0.39, 0.29) is 10.7 Å². The number of rotatable bonds is 7. The molecule has 0 radical (unpaired) electrons. The van der Waals surface area contributed by atoms with Crippen molar-refractivity contribution in [1.29, 1.82) is 5.26 Å². The van der Waals surface area contributed by atoms with E-state index in [1.807, 2.05) is 79.2 Å². The van der Waals surface area contributed by atoms with E-state index in [2.05, 4.69) is 11.1 Å². The number of nitrogens with zero attached hydrogens (tertiary/aromatic N) is 3. The Bertz CT molecular complexity index is 2080. The second-order valence-corrected chi connectivity index (χ2v) is 11.9. The predicted octanol–water partition coefficient (Wildman–Crippen LogP) is 7.80. The topological polar surface area (TPSA) is 105 Å². The van der Waals surface area contributed by atoms with E-state index in [9.17, 15) is 8.42 Å². The van der Waals surface area contributed by atoms with Crippen molar-refractivity contribution in [3.05, 3.63) is 155 Å². The van der Waals surface area contributed by atoms with Crippen LogP contribution in [0.2, 0.25) is 0 Å². The van der Waals surface area contributed by atoms with Crippen LogP contribution in [0.3, 0.4) is 0 Å². The molecule has 0 saturated heterocycles. The summed E-state index contributed by atoms with van der Waals surface area (Å²) in [7, 11) is -2.11. The van der Waals surface area contributed by atoms with Gasteiger partial charge in [0.25, 0.3) is 10.1 Å². The lowest BCUT2D eigenvalue weighted by Gasteiger charge is -2.20. The van der Waals surface area contributed by atoms with Gasteiger partial charge in [-0.25, -0.2) is 9.37 Å². The van der Waals surface area contributed by atoms with Gasteiger partial charge in [-0.05, 0) is 70.8 Å². The van der Waals surface area contributed by atoms with E-state index in [0.717, 1.165) is 38.7 Å². The fourth-order valence-corrected chi connectivity index (χ4v) is 5.39. The Labute approximate surface area is 261 Å². The summed E-state index contributed by atoms with van der Waals surface area (Å²) >= 11 is 0. The molecule has 226 valence electrons. The Morgan fingerprint density at radius 1 is 0.933 bits per heavy atom. The minimum atomic E-state index is -4.02. The molecule has 9 heteroatoms. The maximum atomic E-state index is 15.1.